The summed E-state index contributed by atoms with van der Waals surface area (Å²) in [6.07, 6.45) is -1.02. The van der Waals surface area contributed by atoms with Crippen molar-refractivity contribution >= 4 is 29.2 Å². The average molecular weight is 272 g/mol. The summed E-state index contributed by atoms with van der Waals surface area (Å²) < 4.78 is 4.85. The first-order valence-corrected chi connectivity index (χ1v) is 5.68. The van der Waals surface area contributed by atoms with Crippen molar-refractivity contribution in [3.8, 4) is 0 Å². The predicted molar refractivity (Wildman–Crippen MR) is 67.9 cm³/mol. The van der Waals surface area contributed by atoms with Crippen LogP contribution in [-0.2, 0) is 14.3 Å². The third-order valence-corrected chi connectivity index (χ3v) is 2.67. The molecule has 1 atom stereocenters. The lowest BCUT2D eigenvalue weighted by atomic mass is 10.2. The molecule has 1 aromatic rings. The zero-order valence-electron chi connectivity index (χ0n) is 10.1. The van der Waals surface area contributed by atoms with Gasteiger partial charge in [0.15, 0.2) is 6.10 Å². The zero-order valence-corrected chi connectivity index (χ0v) is 10.8. The molecule has 0 radical (unpaired) electrons. The molecule has 0 saturated heterocycles. The maximum atomic E-state index is 11.5. The van der Waals surface area contributed by atoms with Crippen LogP contribution in [0.3, 0.4) is 0 Å². The van der Waals surface area contributed by atoms with Crippen LogP contribution in [-0.4, -0.2) is 29.7 Å². The molecule has 1 aromatic carbocycles. The predicted octanol–water partition coefficient (Wildman–Crippen LogP) is 2.08. The summed E-state index contributed by atoms with van der Waals surface area (Å²) in [5.41, 5.74) is 1.45. The first-order chi connectivity index (χ1) is 8.40. The second-order valence-corrected chi connectivity index (χ2v) is 4.21. The second kappa shape index (κ2) is 6.37. The van der Waals surface area contributed by atoms with Crippen LogP contribution in [0, 0.1) is 6.92 Å². The van der Waals surface area contributed by atoms with Crippen molar-refractivity contribution in [2.75, 3.05) is 11.9 Å². The van der Waals surface area contributed by atoms with E-state index in [4.69, 9.17) is 21.4 Å². The van der Waals surface area contributed by atoms with Crippen LogP contribution in [0.5, 0.6) is 0 Å². The third-order valence-electron chi connectivity index (χ3n) is 2.27. The minimum atomic E-state index is -1.11. The van der Waals surface area contributed by atoms with Crippen LogP contribution < -0.4 is 5.32 Å². The lowest BCUT2D eigenvalue weighted by Crippen LogP contribution is -2.26. The summed E-state index contributed by atoms with van der Waals surface area (Å²) in [5.74, 6) is -1.54. The number of benzene rings is 1. The number of aryl methyl sites for hydroxylation is 1. The normalized spacial score (nSPS) is 11.9. The smallest absolute Gasteiger partial charge is 0.332 e. The van der Waals surface area contributed by atoms with Gasteiger partial charge in [-0.15, -0.1) is 0 Å². The molecule has 0 saturated carbocycles. The van der Waals surface area contributed by atoms with Gasteiger partial charge in [-0.2, -0.15) is 0 Å². The van der Waals surface area contributed by atoms with E-state index in [9.17, 15) is 9.59 Å². The number of carbonyl (C=O) groups excluding carboxylic acids is 1. The first-order valence-electron chi connectivity index (χ1n) is 5.30. The number of ether oxygens (including phenoxy) is 1. The molecule has 0 aliphatic heterocycles. The lowest BCUT2D eigenvalue weighted by Gasteiger charge is -2.09. The number of hydrogen-bond acceptors (Lipinski definition) is 3. The molecular formula is C12H14ClNO4. The van der Waals surface area contributed by atoms with Crippen LogP contribution >= 0.6 is 11.6 Å². The van der Waals surface area contributed by atoms with E-state index in [1.807, 2.05) is 6.92 Å². The number of halogens is 1. The van der Waals surface area contributed by atoms with Gasteiger partial charge in [-0.05, 0) is 31.5 Å². The minimum absolute atomic E-state index is 0.320. The summed E-state index contributed by atoms with van der Waals surface area (Å²) in [4.78, 5) is 21.9. The monoisotopic (exact) mass is 271 g/mol. The number of carboxylic acids is 1. The van der Waals surface area contributed by atoms with Gasteiger partial charge in [0.2, 0.25) is 5.91 Å². The van der Waals surface area contributed by atoms with E-state index in [1.54, 1.807) is 18.2 Å². The van der Waals surface area contributed by atoms with Gasteiger partial charge in [-0.3, -0.25) is 4.79 Å². The molecule has 2 N–H and O–H groups in total. The number of hydrogen-bond donors (Lipinski definition) is 2. The highest BCUT2D eigenvalue weighted by atomic mass is 35.5. The average Bonchev–Trinajstić information content (AvgIpc) is 2.30. The van der Waals surface area contributed by atoms with E-state index in [0.29, 0.717) is 10.7 Å². The quantitative estimate of drug-likeness (QED) is 0.860. The highest BCUT2D eigenvalue weighted by Crippen LogP contribution is 2.19. The Labute approximate surface area is 110 Å². The van der Waals surface area contributed by atoms with Gasteiger partial charge < -0.3 is 15.2 Å². The van der Waals surface area contributed by atoms with Crippen LogP contribution in [0.2, 0.25) is 5.02 Å². The van der Waals surface area contributed by atoms with Crippen LogP contribution in [0.1, 0.15) is 12.5 Å². The van der Waals surface area contributed by atoms with E-state index in [-0.39, 0.29) is 6.61 Å². The van der Waals surface area contributed by atoms with Gasteiger partial charge in [0, 0.05) is 10.7 Å². The lowest BCUT2D eigenvalue weighted by molar-refractivity contribution is -0.150. The molecule has 1 rings (SSSR count). The minimum Gasteiger partial charge on any atom is -0.479 e. The van der Waals surface area contributed by atoms with E-state index in [0.717, 1.165) is 5.56 Å². The van der Waals surface area contributed by atoms with Gasteiger partial charge in [-0.25, -0.2) is 4.79 Å². The number of anilines is 1. The van der Waals surface area contributed by atoms with E-state index in [1.165, 1.54) is 6.92 Å². The molecule has 6 heteroatoms. The molecule has 0 spiro atoms. The topological polar surface area (TPSA) is 75.6 Å². The first kappa shape index (κ1) is 14.5. The molecule has 0 bridgehead atoms. The van der Waals surface area contributed by atoms with Crippen molar-refractivity contribution in [2.45, 2.75) is 20.0 Å². The van der Waals surface area contributed by atoms with Crippen LogP contribution in [0.25, 0.3) is 0 Å². The summed E-state index contributed by atoms with van der Waals surface area (Å²) in [6, 6.07) is 5.10. The second-order valence-electron chi connectivity index (χ2n) is 3.80. The SMILES string of the molecule is Cc1ccc(NC(=O)CO[C@@H](C)C(=O)O)cc1Cl. The van der Waals surface area contributed by atoms with E-state index < -0.39 is 18.0 Å². The highest BCUT2D eigenvalue weighted by Gasteiger charge is 2.13. The van der Waals surface area contributed by atoms with Gasteiger partial charge in [0.05, 0.1) is 0 Å². The molecule has 0 heterocycles. The zero-order chi connectivity index (χ0) is 13.7. The Morgan fingerprint density at radius 3 is 2.72 bits per heavy atom. The van der Waals surface area contributed by atoms with Crippen molar-refractivity contribution in [2.24, 2.45) is 0 Å². The Morgan fingerprint density at radius 2 is 2.17 bits per heavy atom. The van der Waals surface area contributed by atoms with Crippen LogP contribution in [0.15, 0.2) is 18.2 Å². The molecule has 98 valence electrons. The maximum absolute atomic E-state index is 11.5. The summed E-state index contributed by atoms with van der Waals surface area (Å²) >= 11 is 5.91. The number of carbonyl (C=O) groups is 2. The molecule has 0 unspecified atom stereocenters. The number of amides is 1. The Bertz CT molecular complexity index is 461. The van der Waals surface area contributed by atoms with Gasteiger partial charge >= 0.3 is 5.97 Å². The van der Waals surface area contributed by atoms with Crippen LogP contribution in [0.4, 0.5) is 5.69 Å². The van der Waals surface area contributed by atoms with E-state index >= 15 is 0 Å². The van der Waals surface area contributed by atoms with Crippen molar-refractivity contribution in [3.05, 3.63) is 28.8 Å². The Balaban J connectivity index is 2.49. The molecule has 0 fully saturated rings. The van der Waals surface area contributed by atoms with Crippen molar-refractivity contribution < 1.29 is 19.4 Å². The standard InChI is InChI=1S/C12H14ClNO4/c1-7-3-4-9(5-10(7)13)14-11(15)6-18-8(2)12(16)17/h3-5,8H,6H2,1-2H3,(H,14,15)(H,16,17)/t8-/m0/s1. The van der Waals surface area contributed by atoms with E-state index in [2.05, 4.69) is 5.32 Å². The van der Waals surface area contributed by atoms with Gasteiger partial charge in [0.25, 0.3) is 0 Å². The summed E-state index contributed by atoms with van der Waals surface area (Å²) in [7, 11) is 0. The molecule has 0 aliphatic carbocycles. The van der Waals surface area contributed by atoms with Gasteiger partial charge in [0.1, 0.15) is 6.61 Å². The number of carboxylic acid groups (broad SMARTS) is 1. The third kappa shape index (κ3) is 4.35. The Morgan fingerprint density at radius 1 is 1.50 bits per heavy atom. The highest BCUT2D eigenvalue weighted by molar-refractivity contribution is 6.31. The summed E-state index contributed by atoms with van der Waals surface area (Å²) in [6.45, 7) is 2.89. The fourth-order valence-electron chi connectivity index (χ4n) is 1.14. The molecule has 0 aliphatic rings. The largest absolute Gasteiger partial charge is 0.479 e. The fraction of sp³-hybridized carbons (Fsp3) is 0.333. The molecular weight excluding hydrogens is 258 g/mol. The number of aliphatic carboxylic acids is 1. The molecule has 0 aromatic heterocycles. The maximum Gasteiger partial charge on any atom is 0.332 e. The molecule has 18 heavy (non-hydrogen) atoms. The number of rotatable bonds is 5. The fourth-order valence-corrected chi connectivity index (χ4v) is 1.32. The Kier molecular flexibility index (Phi) is 5.12. The molecule has 5 nitrogen and oxygen atoms in total. The van der Waals surface area contributed by atoms with Crippen molar-refractivity contribution in [3.63, 3.8) is 0 Å². The number of nitrogens with one attached hydrogen (secondary N) is 1. The van der Waals surface area contributed by atoms with Crippen molar-refractivity contribution in [1.29, 1.82) is 0 Å². The summed E-state index contributed by atoms with van der Waals surface area (Å²) in [5, 5.41) is 11.7. The Hall–Kier alpha value is -1.59. The molecule has 1 amide bonds. The van der Waals surface area contributed by atoms with Crippen molar-refractivity contribution in [1.82, 2.24) is 0 Å². The van der Waals surface area contributed by atoms with Gasteiger partial charge in [-0.1, -0.05) is 17.7 Å².